The summed E-state index contributed by atoms with van der Waals surface area (Å²) < 4.78 is 0. The minimum atomic E-state index is -0.609. The van der Waals surface area contributed by atoms with E-state index < -0.39 is 5.60 Å². The molecule has 4 N–H and O–H groups in total. The number of H-pyrrole nitrogens is 1. The molecule has 2 aromatic heterocycles. The Morgan fingerprint density at radius 1 is 1.35 bits per heavy atom. The molecule has 3 heterocycles. The average Bonchev–Trinajstić information content (AvgIpc) is 3.14. The van der Waals surface area contributed by atoms with Crippen molar-refractivity contribution in [3.63, 3.8) is 0 Å². The highest BCUT2D eigenvalue weighted by molar-refractivity contribution is 5.85. The van der Waals surface area contributed by atoms with Gasteiger partial charge in [-0.25, -0.2) is 4.98 Å². The summed E-state index contributed by atoms with van der Waals surface area (Å²) in [5.41, 5.74) is 0.293. The van der Waals surface area contributed by atoms with Gasteiger partial charge in [-0.2, -0.15) is 5.10 Å². The Labute approximate surface area is 147 Å². The standard InChI is InChI=1S/C14H20N6O.2ClH/c21-14(4-7-17-10-14)9-16-6-3-12-18-13(20-19-12)11-2-1-5-15-8-11;;/h1-2,5,8,16-17,21H,3-4,6-7,9-10H2,(H,18,19,20);2*1H. The molecular weight excluding hydrogens is 339 g/mol. The smallest absolute Gasteiger partial charge is 0.182 e. The van der Waals surface area contributed by atoms with Gasteiger partial charge in [-0.15, -0.1) is 24.8 Å². The predicted octanol–water partition coefficient (Wildman–Crippen LogP) is 0.567. The Morgan fingerprint density at radius 3 is 2.91 bits per heavy atom. The van der Waals surface area contributed by atoms with Gasteiger partial charge in [0.15, 0.2) is 5.82 Å². The molecule has 1 fully saturated rings. The molecule has 0 aliphatic carbocycles. The highest BCUT2D eigenvalue weighted by atomic mass is 35.5. The molecule has 7 nitrogen and oxygen atoms in total. The summed E-state index contributed by atoms with van der Waals surface area (Å²) in [6.45, 7) is 2.90. The lowest BCUT2D eigenvalue weighted by Crippen LogP contribution is -2.42. The first-order valence-electron chi connectivity index (χ1n) is 7.21. The molecule has 2 aromatic rings. The lowest BCUT2D eigenvalue weighted by molar-refractivity contribution is 0.0614. The van der Waals surface area contributed by atoms with Crippen molar-refractivity contribution in [3.05, 3.63) is 30.4 Å². The van der Waals surface area contributed by atoms with E-state index in [1.54, 1.807) is 12.4 Å². The average molecular weight is 361 g/mol. The number of nitrogens with zero attached hydrogens (tertiary/aromatic N) is 3. The minimum Gasteiger partial charge on any atom is -0.387 e. The van der Waals surface area contributed by atoms with Crippen molar-refractivity contribution in [3.8, 4) is 11.4 Å². The Hall–Kier alpha value is -1.25. The fourth-order valence-electron chi connectivity index (χ4n) is 2.44. The predicted molar refractivity (Wildman–Crippen MR) is 93.1 cm³/mol. The number of hydrogen-bond acceptors (Lipinski definition) is 6. The van der Waals surface area contributed by atoms with Crippen LogP contribution >= 0.6 is 24.8 Å². The van der Waals surface area contributed by atoms with Crippen LogP contribution in [0.2, 0.25) is 0 Å². The summed E-state index contributed by atoms with van der Waals surface area (Å²) in [6, 6.07) is 3.80. The van der Waals surface area contributed by atoms with Gasteiger partial charge in [-0.05, 0) is 25.1 Å². The van der Waals surface area contributed by atoms with Gasteiger partial charge in [-0.1, -0.05) is 0 Å². The van der Waals surface area contributed by atoms with Crippen LogP contribution in [0, 0.1) is 0 Å². The first-order valence-corrected chi connectivity index (χ1v) is 7.21. The number of β-amino-alcohol motifs (C(OH)–C–C–N with tert-alkyl or cyclic N) is 1. The summed E-state index contributed by atoms with van der Waals surface area (Å²) in [4.78, 5) is 8.50. The van der Waals surface area contributed by atoms with Crippen molar-refractivity contribution in [2.24, 2.45) is 0 Å². The van der Waals surface area contributed by atoms with Crippen molar-refractivity contribution >= 4 is 24.8 Å². The first kappa shape index (κ1) is 19.8. The van der Waals surface area contributed by atoms with Crippen molar-refractivity contribution in [1.82, 2.24) is 30.8 Å². The van der Waals surface area contributed by atoms with Gasteiger partial charge in [-0.3, -0.25) is 10.1 Å². The Bertz CT molecular complexity index is 574. The van der Waals surface area contributed by atoms with Gasteiger partial charge in [0.2, 0.25) is 0 Å². The van der Waals surface area contributed by atoms with Crippen molar-refractivity contribution < 1.29 is 5.11 Å². The van der Waals surface area contributed by atoms with E-state index in [9.17, 15) is 5.11 Å². The molecule has 0 radical (unpaired) electrons. The molecule has 1 saturated heterocycles. The number of nitrogens with one attached hydrogen (secondary N) is 3. The molecule has 1 unspecified atom stereocenters. The summed E-state index contributed by atoms with van der Waals surface area (Å²) in [7, 11) is 0. The summed E-state index contributed by atoms with van der Waals surface area (Å²) in [6.07, 6.45) is 5.02. The molecule has 1 aliphatic rings. The van der Waals surface area contributed by atoms with Crippen LogP contribution in [0.1, 0.15) is 12.2 Å². The van der Waals surface area contributed by atoms with Crippen LogP contribution in [0.4, 0.5) is 0 Å². The molecule has 23 heavy (non-hydrogen) atoms. The molecule has 1 atom stereocenters. The fourth-order valence-corrected chi connectivity index (χ4v) is 2.44. The molecule has 3 rings (SSSR count). The monoisotopic (exact) mass is 360 g/mol. The Balaban J connectivity index is 0.00000132. The molecule has 0 amide bonds. The second-order valence-corrected chi connectivity index (χ2v) is 5.43. The van der Waals surface area contributed by atoms with Crippen LogP contribution in [-0.4, -0.2) is 57.1 Å². The van der Waals surface area contributed by atoms with Crippen LogP contribution in [0.25, 0.3) is 11.4 Å². The summed E-state index contributed by atoms with van der Waals surface area (Å²) in [5.74, 6) is 1.50. The van der Waals surface area contributed by atoms with Gasteiger partial charge in [0.1, 0.15) is 5.82 Å². The third-order valence-corrected chi connectivity index (χ3v) is 3.67. The second-order valence-electron chi connectivity index (χ2n) is 5.43. The topological polar surface area (TPSA) is 98.8 Å². The largest absolute Gasteiger partial charge is 0.387 e. The third kappa shape index (κ3) is 5.40. The van der Waals surface area contributed by atoms with Gasteiger partial charge in [0, 0.05) is 44.0 Å². The quantitative estimate of drug-likeness (QED) is 0.562. The number of hydrogen-bond donors (Lipinski definition) is 4. The zero-order valence-electron chi connectivity index (χ0n) is 12.7. The van der Waals surface area contributed by atoms with Crippen LogP contribution in [0.3, 0.4) is 0 Å². The maximum Gasteiger partial charge on any atom is 0.182 e. The van der Waals surface area contributed by atoms with Gasteiger partial charge < -0.3 is 15.7 Å². The number of aliphatic hydroxyl groups is 1. The van der Waals surface area contributed by atoms with Gasteiger partial charge in [0.05, 0.1) is 5.60 Å². The van der Waals surface area contributed by atoms with Crippen LogP contribution in [-0.2, 0) is 6.42 Å². The van der Waals surface area contributed by atoms with Gasteiger partial charge in [0.25, 0.3) is 0 Å². The Morgan fingerprint density at radius 2 is 2.22 bits per heavy atom. The van der Waals surface area contributed by atoms with E-state index in [1.165, 1.54) is 0 Å². The normalized spacial score (nSPS) is 19.9. The molecular formula is C14H22Cl2N6O. The summed E-state index contributed by atoms with van der Waals surface area (Å²) >= 11 is 0. The zero-order valence-corrected chi connectivity index (χ0v) is 14.3. The van der Waals surface area contributed by atoms with E-state index in [2.05, 4.69) is 30.8 Å². The molecule has 0 aromatic carbocycles. The van der Waals surface area contributed by atoms with E-state index in [-0.39, 0.29) is 24.8 Å². The number of aromatic nitrogens is 4. The van der Waals surface area contributed by atoms with Crippen LogP contribution in [0.15, 0.2) is 24.5 Å². The van der Waals surface area contributed by atoms with E-state index >= 15 is 0 Å². The molecule has 9 heteroatoms. The van der Waals surface area contributed by atoms with Crippen LogP contribution < -0.4 is 10.6 Å². The van der Waals surface area contributed by atoms with Crippen molar-refractivity contribution in [2.45, 2.75) is 18.4 Å². The van der Waals surface area contributed by atoms with E-state index in [4.69, 9.17) is 0 Å². The van der Waals surface area contributed by atoms with E-state index in [1.807, 2.05) is 12.1 Å². The number of rotatable bonds is 6. The highest BCUT2D eigenvalue weighted by Crippen LogP contribution is 2.13. The minimum absolute atomic E-state index is 0. The molecule has 0 bridgehead atoms. The fraction of sp³-hybridized carbons (Fsp3) is 0.500. The molecule has 1 aliphatic heterocycles. The molecule has 0 saturated carbocycles. The van der Waals surface area contributed by atoms with Crippen molar-refractivity contribution in [1.29, 1.82) is 0 Å². The van der Waals surface area contributed by atoms with Gasteiger partial charge >= 0.3 is 0 Å². The number of pyridine rings is 1. The summed E-state index contributed by atoms with van der Waals surface area (Å²) in [5, 5.41) is 23.7. The van der Waals surface area contributed by atoms with Crippen molar-refractivity contribution in [2.75, 3.05) is 26.2 Å². The third-order valence-electron chi connectivity index (χ3n) is 3.67. The highest BCUT2D eigenvalue weighted by Gasteiger charge is 2.30. The Kier molecular flexibility index (Phi) is 7.87. The number of halogens is 2. The van der Waals surface area contributed by atoms with E-state index in [0.29, 0.717) is 18.9 Å². The second kappa shape index (κ2) is 9.14. The molecule has 128 valence electrons. The number of aromatic amines is 1. The maximum absolute atomic E-state index is 10.2. The van der Waals surface area contributed by atoms with E-state index in [0.717, 1.165) is 37.3 Å². The first-order chi connectivity index (χ1) is 10.3. The van der Waals surface area contributed by atoms with Crippen LogP contribution in [0.5, 0.6) is 0 Å². The molecule has 0 spiro atoms. The lowest BCUT2D eigenvalue weighted by atomic mass is 10.0. The zero-order chi connectivity index (χ0) is 14.5. The maximum atomic E-state index is 10.2. The lowest BCUT2D eigenvalue weighted by Gasteiger charge is -2.21. The SMILES string of the molecule is Cl.Cl.OC1(CNCCc2nc(-c3cccnc3)n[nH]2)CCNC1.